The fraction of sp³-hybridized carbons (Fsp3) is 0.600. The zero-order valence-corrected chi connectivity index (χ0v) is 12.1. The summed E-state index contributed by atoms with van der Waals surface area (Å²) in [6, 6.07) is 8.16. The Morgan fingerprint density at radius 3 is 2.67 bits per heavy atom. The van der Waals surface area contributed by atoms with Gasteiger partial charge in [0.25, 0.3) is 0 Å². The Hall–Kier alpha value is -0.570. The Labute approximate surface area is 115 Å². The predicted octanol–water partition coefficient (Wildman–Crippen LogP) is 3.16. The SMILES string of the molecule is CN(Cc1ccc(Cl)cc1)CC1(C)CCCNC1. The zero-order valence-electron chi connectivity index (χ0n) is 11.4. The van der Waals surface area contributed by atoms with E-state index in [1.54, 1.807) is 0 Å². The highest BCUT2D eigenvalue weighted by molar-refractivity contribution is 6.30. The van der Waals surface area contributed by atoms with Gasteiger partial charge >= 0.3 is 0 Å². The Balaban J connectivity index is 1.87. The van der Waals surface area contributed by atoms with Gasteiger partial charge in [0.2, 0.25) is 0 Å². The summed E-state index contributed by atoms with van der Waals surface area (Å²) < 4.78 is 0. The first-order valence-electron chi connectivity index (χ1n) is 6.71. The maximum atomic E-state index is 5.90. The molecule has 0 aromatic heterocycles. The van der Waals surface area contributed by atoms with Crippen LogP contribution < -0.4 is 5.32 Å². The molecule has 1 fully saturated rings. The van der Waals surface area contributed by atoms with Crippen LogP contribution in [0.5, 0.6) is 0 Å². The smallest absolute Gasteiger partial charge is 0.0406 e. The van der Waals surface area contributed by atoms with Crippen LogP contribution in [0.3, 0.4) is 0 Å². The van der Waals surface area contributed by atoms with Crippen LogP contribution in [0.2, 0.25) is 5.02 Å². The van der Waals surface area contributed by atoms with E-state index in [9.17, 15) is 0 Å². The van der Waals surface area contributed by atoms with Gasteiger partial charge in [-0.1, -0.05) is 30.7 Å². The van der Waals surface area contributed by atoms with Crippen molar-refractivity contribution in [3.05, 3.63) is 34.9 Å². The Bertz CT molecular complexity index is 369. The molecule has 1 atom stereocenters. The summed E-state index contributed by atoms with van der Waals surface area (Å²) in [6.07, 6.45) is 2.62. The van der Waals surface area contributed by atoms with Crippen LogP contribution in [0.25, 0.3) is 0 Å². The molecule has 0 radical (unpaired) electrons. The van der Waals surface area contributed by atoms with Gasteiger partial charge in [-0.2, -0.15) is 0 Å². The number of benzene rings is 1. The standard InChI is InChI=1S/C15H23ClN2/c1-15(8-3-9-17-11-15)12-18(2)10-13-4-6-14(16)7-5-13/h4-7,17H,3,8-12H2,1-2H3. The summed E-state index contributed by atoms with van der Waals surface area (Å²) >= 11 is 5.90. The quantitative estimate of drug-likeness (QED) is 0.901. The molecule has 2 nitrogen and oxygen atoms in total. The van der Waals surface area contributed by atoms with Gasteiger partial charge in [0, 0.05) is 24.7 Å². The van der Waals surface area contributed by atoms with E-state index in [4.69, 9.17) is 11.6 Å². The highest BCUT2D eigenvalue weighted by Crippen LogP contribution is 2.26. The van der Waals surface area contributed by atoms with E-state index in [0.29, 0.717) is 5.41 Å². The third kappa shape index (κ3) is 3.98. The average molecular weight is 267 g/mol. The molecule has 18 heavy (non-hydrogen) atoms. The first kappa shape index (κ1) is 13.9. The summed E-state index contributed by atoms with van der Waals surface area (Å²) in [5, 5.41) is 4.32. The van der Waals surface area contributed by atoms with E-state index in [-0.39, 0.29) is 0 Å². The van der Waals surface area contributed by atoms with Crippen molar-refractivity contribution in [1.29, 1.82) is 0 Å². The second kappa shape index (κ2) is 6.05. The van der Waals surface area contributed by atoms with E-state index in [2.05, 4.69) is 36.3 Å². The van der Waals surface area contributed by atoms with Gasteiger partial charge in [-0.3, -0.25) is 0 Å². The molecule has 1 aromatic rings. The van der Waals surface area contributed by atoms with Crippen LogP contribution in [0.1, 0.15) is 25.3 Å². The van der Waals surface area contributed by atoms with Crippen LogP contribution in [-0.2, 0) is 6.54 Å². The number of piperidine rings is 1. The highest BCUT2D eigenvalue weighted by Gasteiger charge is 2.27. The second-order valence-electron chi connectivity index (χ2n) is 5.89. The predicted molar refractivity (Wildman–Crippen MR) is 78.0 cm³/mol. The fourth-order valence-corrected chi connectivity index (χ4v) is 2.99. The van der Waals surface area contributed by atoms with E-state index in [1.807, 2.05) is 12.1 Å². The molecule has 0 saturated carbocycles. The van der Waals surface area contributed by atoms with E-state index >= 15 is 0 Å². The second-order valence-corrected chi connectivity index (χ2v) is 6.33. The van der Waals surface area contributed by atoms with Gasteiger partial charge in [-0.05, 0) is 49.5 Å². The maximum Gasteiger partial charge on any atom is 0.0406 e. The van der Waals surface area contributed by atoms with Crippen molar-refractivity contribution in [3.63, 3.8) is 0 Å². The summed E-state index contributed by atoms with van der Waals surface area (Å²) in [6.45, 7) is 6.83. The van der Waals surface area contributed by atoms with Gasteiger partial charge in [0.05, 0.1) is 0 Å². The minimum Gasteiger partial charge on any atom is -0.316 e. The van der Waals surface area contributed by atoms with Crippen LogP contribution in [0.4, 0.5) is 0 Å². The van der Waals surface area contributed by atoms with Gasteiger partial charge in [-0.25, -0.2) is 0 Å². The molecule has 1 unspecified atom stereocenters. The van der Waals surface area contributed by atoms with Crippen LogP contribution >= 0.6 is 11.6 Å². The molecule has 3 heteroatoms. The van der Waals surface area contributed by atoms with Crippen molar-refractivity contribution < 1.29 is 0 Å². The average Bonchev–Trinajstić information content (AvgIpc) is 2.32. The monoisotopic (exact) mass is 266 g/mol. The highest BCUT2D eigenvalue weighted by atomic mass is 35.5. The molecule has 100 valence electrons. The van der Waals surface area contributed by atoms with Crippen molar-refractivity contribution in [1.82, 2.24) is 10.2 Å². The lowest BCUT2D eigenvalue weighted by Crippen LogP contribution is -2.44. The number of hydrogen-bond acceptors (Lipinski definition) is 2. The Morgan fingerprint density at radius 2 is 2.06 bits per heavy atom. The lowest BCUT2D eigenvalue weighted by molar-refractivity contribution is 0.148. The minimum atomic E-state index is 0.416. The van der Waals surface area contributed by atoms with Gasteiger partial charge in [0.15, 0.2) is 0 Å². The number of nitrogens with one attached hydrogen (secondary N) is 1. The number of hydrogen-bond donors (Lipinski definition) is 1. The molecule has 1 N–H and O–H groups in total. The molecule has 0 amide bonds. The fourth-order valence-electron chi connectivity index (χ4n) is 2.86. The number of nitrogens with zero attached hydrogens (tertiary/aromatic N) is 1. The van der Waals surface area contributed by atoms with Crippen molar-refractivity contribution in [2.24, 2.45) is 5.41 Å². The third-order valence-corrected chi connectivity index (χ3v) is 3.96. The molecular weight excluding hydrogens is 244 g/mol. The first-order valence-corrected chi connectivity index (χ1v) is 7.09. The molecule has 2 rings (SSSR count). The molecule has 1 saturated heterocycles. The molecule has 1 aliphatic heterocycles. The molecular formula is C15H23ClN2. The largest absolute Gasteiger partial charge is 0.316 e. The van der Waals surface area contributed by atoms with Gasteiger partial charge in [0.1, 0.15) is 0 Å². The molecule has 0 aliphatic carbocycles. The Morgan fingerprint density at radius 1 is 1.33 bits per heavy atom. The summed E-state index contributed by atoms with van der Waals surface area (Å²) in [4.78, 5) is 2.41. The van der Waals surface area contributed by atoms with Crippen LogP contribution in [0, 0.1) is 5.41 Å². The lowest BCUT2D eigenvalue weighted by Gasteiger charge is -2.37. The minimum absolute atomic E-state index is 0.416. The molecule has 1 aromatic carbocycles. The van der Waals surface area contributed by atoms with Crippen LogP contribution in [0.15, 0.2) is 24.3 Å². The third-order valence-electron chi connectivity index (χ3n) is 3.70. The van der Waals surface area contributed by atoms with Crippen molar-refractivity contribution in [3.8, 4) is 0 Å². The molecule has 1 aliphatic rings. The normalized spacial score (nSPS) is 24.4. The first-order chi connectivity index (χ1) is 8.57. The number of rotatable bonds is 4. The molecule has 0 bridgehead atoms. The summed E-state index contributed by atoms with van der Waals surface area (Å²) in [5.74, 6) is 0. The van der Waals surface area contributed by atoms with Crippen molar-refractivity contribution in [2.45, 2.75) is 26.3 Å². The number of halogens is 1. The molecule has 0 spiro atoms. The van der Waals surface area contributed by atoms with Crippen LogP contribution in [-0.4, -0.2) is 31.6 Å². The lowest BCUT2D eigenvalue weighted by atomic mass is 9.82. The van der Waals surface area contributed by atoms with Gasteiger partial charge in [-0.15, -0.1) is 0 Å². The summed E-state index contributed by atoms with van der Waals surface area (Å²) in [7, 11) is 2.20. The maximum absolute atomic E-state index is 5.90. The topological polar surface area (TPSA) is 15.3 Å². The zero-order chi connectivity index (χ0) is 13.0. The van der Waals surface area contributed by atoms with Crippen molar-refractivity contribution >= 4 is 11.6 Å². The van der Waals surface area contributed by atoms with E-state index in [1.165, 1.54) is 24.9 Å². The summed E-state index contributed by atoms with van der Waals surface area (Å²) in [5.41, 5.74) is 1.74. The van der Waals surface area contributed by atoms with E-state index < -0.39 is 0 Å². The van der Waals surface area contributed by atoms with Crippen molar-refractivity contribution in [2.75, 3.05) is 26.7 Å². The van der Waals surface area contributed by atoms with Gasteiger partial charge < -0.3 is 10.2 Å². The van der Waals surface area contributed by atoms with E-state index in [0.717, 1.165) is 24.7 Å². The Kier molecular flexibility index (Phi) is 4.66. The molecule has 1 heterocycles.